The number of sulfonamides is 1. The maximum Gasteiger partial charge on any atom is 0.350 e. The lowest BCUT2D eigenvalue weighted by atomic mass is 10.5. The number of nitrogens with zero attached hydrogens (tertiary/aromatic N) is 1. The van der Waals surface area contributed by atoms with Gasteiger partial charge >= 0.3 is 11.7 Å². The summed E-state index contributed by atoms with van der Waals surface area (Å²) in [6.07, 6.45) is 1.11. The smallest absolute Gasteiger partial charge is 0.350 e. The summed E-state index contributed by atoms with van der Waals surface area (Å²) in [6, 6.07) is 0. The fraction of sp³-hybridized carbons (Fsp3) is 0.625. The fourth-order valence-corrected chi connectivity index (χ4v) is 1.69. The zero-order valence-corrected chi connectivity index (χ0v) is 9.54. The third kappa shape index (κ3) is 4.23. The summed E-state index contributed by atoms with van der Waals surface area (Å²) in [4.78, 5) is 11.0. The predicted molar refractivity (Wildman–Crippen MR) is 53.3 cm³/mol. The van der Waals surface area contributed by atoms with E-state index in [-0.39, 0.29) is 13.2 Å². The number of ether oxygens (including phenoxy) is 1. The molecule has 8 heteroatoms. The minimum atomic E-state index is -4.79. The summed E-state index contributed by atoms with van der Waals surface area (Å²) >= 11 is 0. The van der Waals surface area contributed by atoms with E-state index in [1.165, 1.54) is 6.92 Å². The van der Waals surface area contributed by atoms with Gasteiger partial charge < -0.3 is 4.74 Å². The number of carbonyl (C=O) groups excluding carboxylic acids is 1. The Kier molecular flexibility index (Phi) is 6.12. The van der Waals surface area contributed by atoms with Crippen LogP contribution in [0.3, 0.4) is 0 Å². The second kappa shape index (κ2) is 6.54. The Bertz CT molecular complexity index is 342. The van der Waals surface area contributed by atoms with Gasteiger partial charge in [0.05, 0.1) is 6.61 Å². The van der Waals surface area contributed by atoms with Gasteiger partial charge in [0.1, 0.15) is 6.54 Å². The molecule has 0 saturated heterocycles. The highest BCUT2D eigenvalue weighted by atomic mass is 32.2. The molecule has 0 amide bonds. The summed E-state index contributed by atoms with van der Waals surface area (Å²) in [7, 11) is -4.79. The van der Waals surface area contributed by atoms with Crippen LogP contribution in [0, 0.1) is 0 Å². The van der Waals surface area contributed by atoms with Gasteiger partial charge in [-0.3, -0.25) is 4.79 Å². The van der Waals surface area contributed by atoms with Crippen LogP contribution in [0.25, 0.3) is 0 Å². The lowest BCUT2D eigenvalue weighted by Gasteiger charge is -2.18. The predicted octanol–water partition coefficient (Wildman–Crippen LogP) is 0.590. The van der Waals surface area contributed by atoms with E-state index in [1.807, 2.05) is 0 Å². The van der Waals surface area contributed by atoms with E-state index < -0.39 is 28.3 Å². The molecule has 0 unspecified atom stereocenters. The molecule has 5 nitrogen and oxygen atoms in total. The van der Waals surface area contributed by atoms with Gasteiger partial charge in [-0.25, -0.2) is 8.42 Å². The quantitative estimate of drug-likeness (QED) is 0.494. The van der Waals surface area contributed by atoms with Crippen LogP contribution in [0.4, 0.5) is 8.78 Å². The van der Waals surface area contributed by atoms with Crippen molar-refractivity contribution in [2.24, 2.45) is 0 Å². The van der Waals surface area contributed by atoms with Crippen molar-refractivity contribution in [1.82, 2.24) is 4.31 Å². The highest BCUT2D eigenvalue weighted by Gasteiger charge is 2.32. The molecule has 0 aliphatic heterocycles. The van der Waals surface area contributed by atoms with Crippen molar-refractivity contribution in [3.05, 3.63) is 12.7 Å². The van der Waals surface area contributed by atoms with Gasteiger partial charge in [0.25, 0.3) is 10.0 Å². The number of alkyl halides is 2. The Morgan fingerprint density at radius 1 is 1.56 bits per heavy atom. The van der Waals surface area contributed by atoms with E-state index in [1.54, 1.807) is 0 Å². The molecule has 0 aromatic rings. The van der Waals surface area contributed by atoms with Crippen LogP contribution in [0.5, 0.6) is 0 Å². The molecule has 0 atom stereocenters. The number of esters is 1. The molecular weight excluding hydrogens is 244 g/mol. The first-order chi connectivity index (χ1) is 7.36. The van der Waals surface area contributed by atoms with Gasteiger partial charge in [-0.2, -0.15) is 13.1 Å². The molecule has 0 aliphatic carbocycles. The average molecular weight is 257 g/mol. The zero-order chi connectivity index (χ0) is 12.8. The fourth-order valence-electron chi connectivity index (χ4n) is 0.866. The Morgan fingerprint density at radius 2 is 2.12 bits per heavy atom. The van der Waals surface area contributed by atoms with Gasteiger partial charge in [0.15, 0.2) is 0 Å². The van der Waals surface area contributed by atoms with Gasteiger partial charge in [-0.1, -0.05) is 6.08 Å². The van der Waals surface area contributed by atoms with Crippen molar-refractivity contribution < 1.29 is 26.7 Å². The lowest BCUT2D eigenvalue weighted by Crippen LogP contribution is -2.39. The summed E-state index contributed by atoms with van der Waals surface area (Å²) in [5, 5.41) is 0. The minimum Gasteiger partial charge on any atom is -0.465 e. The van der Waals surface area contributed by atoms with Gasteiger partial charge in [-0.05, 0) is 6.92 Å². The van der Waals surface area contributed by atoms with Gasteiger partial charge in [0.2, 0.25) is 0 Å². The molecule has 16 heavy (non-hydrogen) atoms. The van der Waals surface area contributed by atoms with Crippen LogP contribution in [-0.4, -0.2) is 44.1 Å². The highest BCUT2D eigenvalue weighted by molar-refractivity contribution is 7.89. The Labute approximate surface area is 92.7 Å². The van der Waals surface area contributed by atoms with Crippen LogP contribution in [0.15, 0.2) is 12.7 Å². The van der Waals surface area contributed by atoms with Gasteiger partial charge in [0, 0.05) is 6.54 Å². The SMILES string of the molecule is C=CCN(CC(=O)OCC)S(=O)(=O)C(F)F. The average Bonchev–Trinajstić information content (AvgIpc) is 2.17. The van der Waals surface area contributed by atoms with Crippen LogP contribution in [0.2, 0.25) is 0 Å². The lowest BCUT2D eigenvalue weighted by molar-refractivity contribution is -0.143. The standard InChI is InChI=1S/C8H13F2NO4S/c1-3-5-11(6-7(12)15-4-2)16(13,14)8(9)10/h3,8H,1,4-6H2,2H3. The molecule has 0 rings (SSSR count). The molecule has 0 aromatic carbocycles. The number of hydrogen-bond acceptors (Lipinski definition) is 4. The van der Waals surface area contributed by atoms with E-state index in [0.717, 1.165) is 6.08 Å². The van der Waals surface area contributed by atoms with Crippen molar-refractivity contribution >= 4 is 16.0 Å². The van der Waals surface area contributed by atoms with E-state index >= 15 is 0 Å². The molecule has 0 spiro atoms. The number of hydrogen-bond donors (Lipinski definition) is 0. The second-order valence-electron chi connectivity index (χ2n) is 2.69. The van der Waals surface area contributed by atoms with E-state index in [4.69, 9.17) is 0 Å². The Balaban J connectivity index is 4.75. The van der Waals surface area contributed by atoms with E-state index in [0.29, 0.717) is 4.31 Å². The topological polar surface area (TPSA) is 63.7 Å². The molecular formula is C8H13F2NO4S. The molecule has 0 heterocycles. The second-order valence-corrected chi connectivity index (χ2v) is 4.59. The van der Waals surface area contributed by atoms with Crippen molar-refractivity contribution in [1.29, 1.82) is 0 Å². The van der Waals surface area contributed by atoms with Crippen LogP contribution in [0.1, 0.15) is 6.92 Å². The van der Waals surface area contributed by atoms with Crippen molar-refractivity contribution in [3.63, 3.8) is 0 Å². The molecule has 0 aromatic heterocycles. The third-order valence-corrected chi connectivity index (χ3v) is 2.98. The number of rotatable bonds is 7. The van der Waals surface area contributed by atoms with Crippen molar-refractivity contribution in [3.8, 4) is 0 Å². The molecule has 0 bridgehead atoms. The van der Waals surface area contributed by atoms with E-state index in [2.05, 4.69) is 11.3 Å². The normalized spacial score (nSPS) is 11.8. The first-order valence-electron chi connectivity index (χ1n) is 4.39. The highest BCUT2D eigenvalue weighted by Crippen LogP contribution is 2.11. The number of carbonyl (C=O) groups is 1. The van der Waals surface area contributed by atoms with Crippen molar-refractivity contribution in [2.45, 2.75) is 12.7 Å². The maximum atomic E-state index is 12.2. The maximum absolute atomic E-state index is 12.2. The van der Waals surface area contributed by atoms with Gasteiger partial charge in [-0.15, -0.1) is 6.58 Å². The molecule has 0 aliphatic rings. The first kappa shape index (κ1) is 15.0. The van der Waals surface area contributed by atoms with Crippen molar-refractivity contribution in [2.75, 3.05) is 19.7 Å². The summed E-state index contributed by atoms with van der Waals surface area (Å²) in [6.45, 7) is 3.69. The summed E-state index contributed by atoms with van der Waals surface area (Å²) < 4.78 is 51.4. The molecule has 94 valence electrons. The van der Waals surface area contributed by atoms with Crippen LogP contribution in [-0.2, 0) is 19.6 Å². The molecule has 0 fully saturated rings. The minimum absolute atomic E-state index is 0.0511. The molecule has 0 radical (unpaired) electrons. The zero-order valence-electron chi connectivity index (χ0n) is 8.73. The molecule has 0 N–H and O–H groups in total. The monoisotopic (exact) mass is 257 g/mol. The Morgan fingerprint density at radius 3 is 2.50 bits per heavy atom. The molecule has 0 saturated carbocycles. The largest absolute Gasteiger partial charge is 0.465 e. The van der Waals surface area contributed by atoms with E-state index in [9.17, 15) is 22.0 Å². The van der Waals surface area contributed by atoms with Crippen LogP contribution < -0.4 is 0 Å². The third-order valence-electron chi connectivity index (χ3n) is 1.53. The Hall–Kier alpha value is -1.02. The number of halogens is 2. The van der Waals surface area contributed by atoms with Crippen LogP contribution >= 0.6 is 0 Å². The first-order valence-corrected chi connectivity index (χ1v) is 5.90. The summed E-state index contributed by atoms with van der Waals surface area (Å²) in [5.74, 6) is -4.45. The summed E-state index contributed by atoms with van der Waals surface area (Å²) in [5.41, 5.74) is 0.